The highest BCUT2D eigenvalue weighted by Crippen LogP contribution is 2.13. The van der Waals surface area contributed by atoms with Crippen LogP contribution in [-0.2, 0) is 10.1 Å². The summed E-state index contributed by atoms with van der Waals surface area (Å²) in [6.45, 7) is 2.89. The van der Waals surface area contributed by atoms with Gasteiger partial charge in [-0.25, -0.2) is 0 Å². The Kier molecular flexibility index (Phi) is 5.15. The van der Waals surface area contributed by atoms with E-state index in [2.05, 4.69) is 11.9 Å². The summed E-state index contributed by atoms with van der Waals surface area (Å²) in [6.07, 6.45) is 4.91. The van der Waals surface area contributed by atoms with Gasteiger partial charge in [-0.05, 0) is 24.1 Å². The zero-order chi connectivity index (χ0) is 12.7. The van der Waals surface area contributed by atoms with E-state index in [1.807, 2.05) is 6.07 Å². The standard InChI is InChI=1S/C12H17NO3S/c1-3-4-8-13-10-11-6-5-7-12(9-11)16-17(2,14)15/h5-7,9-10H,3-4,8H2,1-2H3. The van der Waals surface area contributed by atoms with Gasteiger partial charge >= 0.3 is 10.1 Å². The number of hydrogen-bond acceptors (Lipinski definition) is 4. The van der Waals surface area contributed by atoms with Crippen LogP contribution in [0.2, 0.25) is 0 Å². The molecule has 0 spiro atoms. The van der Waals surface area contributed by atoms with E-state index in [-0.39, 0.29) is 0 Å². The van der Waals surface area contributed by atoms with Crippen LogP contribution in [0.5, 0.6) is 5.75 Å². The molecule has 1 rings (SSSR count). The molecule has 0 unspecified atom stereocenters. The topological polar surface area (TPSA) is 55.7 Å². The van der Waals surface area contributed by atoms with E-state index in [1.165, 1.54) is 0 Å². The molecule has 4 nitrogen and oxygen atoms in total. The highest BCUT2D eigenvalue weighted by atomic mass is 32.2. The van der Waals surface area contributed by atoms with Crippen LogP contribution in [0, 0.1) is 0 Å². The van der Waals surface area contributed by atoms with Crippen molar-refractivity contribution in [3.63, 3.8) is 0 Å². The maximum Gasteiger partial charge on any atom is 0.306 e. The minimum atomic E-state index is -3.47. The second-order valence-electron chi connectivity index (χ2n) is 3.75. The fourth-order valence-electron chi connectivity index (χ4n) is 1.24. The van der Waals surface area contributed by atoms with Gasteiger partial charge in [-0.2, -0.15) is 8.42 Å². The first-order valence-electron chi connectivity index (χ1n) is 5.50. The second-order valence-corrected chi connectivity index (χ2v) is 5.32. The molecule has 0 radical (unpaired) electrons. The molecule has 0 aliphatic rings. The van der Waals surface area contributed by atoms with Gasteiger partial charge in [0.15, 0.2) is 0 Å². The molecule has 5 heteroatoms. The second kappa shape index (κ2) is 6.39. The Labute approximate surface area is 102 Å². The van der Waals surface area contributed by atoms with E-state index in [9.17, 15) is 8.42 Å². The Morgan fingerprint density at radius 3 is 2.82 bits per heavy atom. The molecule has 0 amide bonds. The average Bonchev–Trinajstić information content (AvgIpc) is 2.23. The summed E-state index contributed by atoms with van der Waals surface area (Å²) in [4.78, 5) is 4.24. The van der Waals surface area contributed by atoms with Gasteiger partial charge in [0, 0.05) is 12.8 Å². The van der Waals surface area contributed by atoms with E-state index in [0.717, 1.165) is 31.2 Å². The zero-order valence-corrected chi connectivity index (χ0v) is 10.9. The van der Waals surface area contributed by atoms with Crippen LogP contribution < -0.4 is 4.18 Å². The van der Waals surface area contributed by atoms with Crippen LogP contribution >= 0.6 is 0 Å². The lowest BCUT2D eigenvalue weighted by atomic mass is 10.2. The molecule has 0 saturated heterocycles. The third-order valence-corrected chi connectivity index (χ3v) is 2.48. The third-order valence-electron chi connectivity index (χ3n) is 1.99. The number of nitrogens with zero attached hydrogens (tertiary/aromatic N) is 1. The van der Waals surface area contributed by atoms with Gasteiger partial charge in [-0.1, -0.05) is 25.5 Å². The van der Waals surface area contributed by atoms with Crippen molar-refractivity contribution in [2.24, 2.45) is 4.99 Å². The highest BCUT2D eigenvalue weighted by molar-refractivity contribution is 7.86. The van der Waals surface area contributed by atoms with Crippen molar-refractivity contribution in [3.8, 4) is 5.75 Å². The van der Waals surface area contributed by atoms with Gasteiger partial charge in [0.2, 0.25) is 0 Å². The maximum absolute atomic E-state index is 11.0. The summed E-state index contributed by atoms with van der Waals surface area (Å²) in [7, 11) is -3.47. The minimum absolute atomic E-state index is 0.312. The first kappa shape index (κ1) is 13.7. The molecule has 1 aromatic rings. The van der Waals surface area contributed by atoms with Crippen molar-refractivity contribution in [3.05, 3.63) is 29.8 Å². The molecule has 94 valence electrons. The van der Waals surface area contributed by atoms with E-state index < -0.39 is 10.1 Å². The molecule has 0 N–H and O–H groups in total. The molecule has 0 saturated carbocycles. The van der Waals surface area contributed by atoms with E-state index in [0.29, 0.717) is 5.75 Å². The lowest BCUT2D eigenvalue weighted by Crippen LogP contribution is -2.05. The summed E-state index contributed by atoms with van der Waals surface area (Å²) >= 11 is 0. The number of unbranched alkanes of at least 4 members (excludes halogenated alkanes) is 1. The van der Waals surface area contributed by atoms with Crippen LogP contribution in [0.4, 0.5) is 0 Å². The van der Waals surface area contributed by atoms with Crippen LogP contribution in [-0.4, -0.2) is 27.4 Å². The van der Waals surface area contributed by atoms with Gasteiger partial charge in [0.05, 0.1) is 6.26 Å². The molecule has 0 aliphatic carbocycles. The van der Waals surface area contributed by atoms with E-state index in [1.54, 1.807) is 24.4 Å². The number of rotatable bonds is 6. The molecular weight excluding hydrogens is 238 g/mol. The summed E-state index contributed by atoms with van der Waals surface area (Å²) in [5.41, 5.74) is 0.835. The summed E-state index contributed by atoms with van der Waals surface area (Å²) in [6, 6.07) is 6.84. The van der Waals surface area contributed by atoms with E-state index in [4.69, 9.17) is 4.18 Å². The van der Waals surface area contributed by atoms with Crippen molar-refractivity contribution in [1.29, 1.82) is 0 Å². The molecule has 17 heavy (non-hydrogen) atoms. The molecular formula is C12H17NO3S. The molecule has 0 aliphatic heterocycles. The SMILES string of the molecule is CCCCN=Cc1cccc(OS(C)(=O)=O)c1. The fourth-order valence-corrected chi connectivity index (χ4v) is 1.69. The van der Waals surface area contributed by atoms with Crippen LogP contribution in [0.15, 0.2) is 29.3 Å². The summed E-state index contributed by atoms with van der Waals surface area (Å²) < 4.78 is 26.7. The van der Waals surface area contributed by atoms with Crippen molar-refractivity contribution >= 4 is 16.3 Å². The Morgan fingerprint density at radius 2 is 2.18 bits per heavy atom. The number of benzene rings is 1. The zero-order valence-electron chi connectivity index (χ0n) is 10.1. The normalized spacial score (nSPS) is 11.9. The number of hydrogen-bond donors (Lipinski definition) is 0. The summed E-state index contributed by atoms with van der Waals surface area (Å²) in [5.74, 6) is 0.312. The predicted octanol–water partition coefficient (Wildman–Crippen LogP) is 2.24. The average molecular weight is 255 g/mol. The smallest absolute Gasteiger partial charge is 0.306 e. The lowest BCUT2D eigenvalue weighted by molar-refractivity contribution is 0.493. The molecule has 0 fully saturated rings. The van der Waals surface area contributed by atoms with Gasteiger partial charge in [0.1, 0.15) is 5.75 Å². The van der Waals surface area contributed by atoms with Crippen molar-refractivity contribution in [2.75, 3.05) is 12.8 Å². The minimum Gasteiger partial charge on any atom is -0.383 e. The van der Waals surface area contributed by atoms with Crippen molar-refractivity contribution < 1.29 is 12.6 Å². The monoisotopic (exact) mass is 255 g/mol. The molecule has 1 aromatic carbocycles. The van der Waals surface area contributed by atoms with Gasteiger partial charge in [-0.15, -0.1) is 0 Å². The van der Waals surface area contributed by atoms with Crippen molar-refractivity contribution in [2.45, 2.75) is 19.8 Å². The Balaban J connectivity index is 2.69. The molecule has 0 atom stereocenters. The van der Waals surface area contributed by atoms with Crippen molar-refractivity contribution in [1.82, 2.24) is 0 Å². The highest BCUT2D eigenvalue weighted by Gasteiger charge is 2.03. The molecule has 0 heterocycles. The summed E-state index contributed by atoms with van der Waals surface area (Å²) in [5, 5.41) is 0. The van der Waals surface area contributed by atoms with Gasteiger partial charge < -0.3 is 4.18 Å². The molecule has 0 bridgehead atoms. The van der Waals surface area contributed by atoms with Gasteiger partial charge in [-0.3, -0.25) is 4.99 Å². The first-order valence-corrected chi connectivity index (χ1v) is 7.32. The van der Waals surface area contributed by atoms with E-state index >= 15 is 0 Å². The third kappa shape index (κ3) is 6.06. The van der Waals surface area contributed by atoms with Crippen LogP contribution in [0.1, 0.15) is 25.3 Å². The largest absolute Gasteiger partial charge is 0.383 e. The van der Waals surface area contributed by atoms with Crippen LogP contribution in [0.25, 0.3) is 0 Å². The van der Waals surface area contributed by atoms with Crippen LogP contribution in [0.3, 0.4) is 0 Å². The Hall–Kier alpha value is -1.36. The predicted molar refractivity (Wildman–Crippen MR) is 69.3 cm³/mol. The molecule has 0 aromatic heterocycles. The maximum atomic E-state index is 11.0. The van der Waals surface area contributed by atoms with Gasteiger partial charge in [0.25, 0.3) is 0 Å². The fraction of sp³-hybridized carbons (Fsp3) is 0.417. The Morgan fingerprint density at radius 1 is 1.41 bits per heavy atom. The lowest BCUT2D eigenvalue weighted by Gasteiger charge is -2.02. The quantitative estimate of drug-likeness (QED) is 0.445. The Bertz CT molecular complexity index is 480. The first-order chi connectivity index (χ1) is 8.01. The number of aliphatic imine (C=N–C) groups is 1.